The highest BCUT2D eigenvalue weighted by molar-refractivity contribution is 9.10. The van der Waals surface area contributed by atoms with Crippen molar-refractivity contribution >= 4 is 27.9 Å². The van der Waals surface area contributed by atoms with E-state index in [1.165, 1.54) is 0 Å². The van der Waals surface area contributed by atoms with E-state index in [9.17, 15) is 9.59 Å². The number of nitrogens with zero attached hydrogens (tertiary/aromatic N) is 1. The number of carbonyl (C=O) groups is 2. The molecule has 0 saturated heterocycles. The number of aliphatic carboxylic acids is 1. The van der Waals surface area contributed by atoms with Gasteiger partial charge in [-0.05, 0) is 24.1 Å². The maximum atomic E-state index is 11.6. The van der Waals surface area contributed by atoms with Gasteiger partial charge in [0.05, 0.1) is 6.42 Å². The molecule has 1 rings (SSSR count). The molecule has 19 heavy (non-hydrogen) atoms. The van der Waals surface area contributed by atoms with Crippen molar-refractivity contribution in [2.24, 2.45) is 0 Å². The first kappa shape index (κ1) is 15.5. The molecular weight excluding hydrogens is 312 g/mol. The number of halogens is 1. The SMILES string of the molecule is CN(CCc1cccc(Br)c1)C(=O)NCCC(=O)O. The molecule has 0 aliphatic rings. The van der Waals surface area contributed by atoms with E-state index < -0.39 is 5.97 Å². The number of carboxylic acids is 1. The number of likely N-dealkylation sites (N-methyl/N-ethyl adjacent to an activating group) is 1. The second kappa shape index (κ2) is 7.78. The summed E-state index contributed by atoms with van der Waals surface area (Å²) in [7, 11) is 1.69. The third-order valence-electron chi connectivity index (χ3n) is 2.59. The lowest BCUT2D eigenvalue weighted by Gasteiger charge is -2.17. The first-order valence-corrected chi connectivity index (χ1v) is 6.73. The van der Waals surface area contributed by atoms with Gasteiger partial charge in [-0.2, -0.15) is 0 Å². The maximum Gasteiger partial charge on any atom is 0.317 e. The van der Waals surface area contributed by atoms with Crippen LogP contribution in [0.4, 0.5) is 4.79 Å². The summed E-state index contributed by atoms with van der Waals surface area (Å²) in [5, 5.41) is 11.0. The van der Waals surface area contributed by atoms with Crippen LogP contribution in [0.3, 0.4) is 0 Å². The van der Waals surface area contributed by atoms with E-state index in [1.54, 1.807) is 11.9 Å². The fourth-order valence-electron chi connectivity index (χ4n) is 1.50. The van der Waals surface area contributed by atoms with Crippen LogP contribution in [-0.4, -0.2) is 42.1 Å². The Kier molecular flexibility index (Phi) is 6.35. The summed E-state index contributed by atoms with van der Waals surface area (Å²) in [5.41, 5.74) is 1.14. The van der Waals surface area contributed by atoms with Crippen molar-refractivity contribution in [3.63, 3.8) is 0 Å². The minimum Gasteiger partial charge on any atom is -0.481 e. The van der Waals surface area contributed by atoms with Crippen molar-refractivity contribution in [2.75, 3.05) is 20.1 Å². The molecule has 0 saturated carbocycles. The molecule has 0 spiro atoms. The largest absolute Gasteiger partial charge is 0.481 e. The van der Waals surface area contributed by atoms with E-state index >= 15 is 0 Å². The van der Waals surface area contributed by atoms with Gasteiger partial charge in [-0.25, -0.2) is 4.79 Å². The van der Waals surface area contributed by atoms with Crippen LogP contribution in [0, 0.1) is 0 Å². The molecule has 5 nitrogen and oxygen atoms in total. The molecule has 1 aromatic rings. The first-order chi connectivity index (χ1) is 8.99. The topological polar surface area (TPSA) is 69.6 Å². The van der Waals surface area contributed by atoms with Gasteiger partial charge in [0.15, 0.2) is 0 Å². The summed E-state index contributed by atoms with van der Waals surface area (Å²) in [5.74, 6) is -0.919. The molecule has 2 amide bonds. The smallest absolute Gasteiger partial charge is 0.317 e. The van der Waals surface area contributed by atoms with Crippen molar-refractivity contribution < 1.29 is 14.7 Å². The molecule has 0 heterocycles. The molecule has 0 aromatic heterocycles. The number of hydrogen-bond donors (Lipinski definition) is 2. The fourth-order valence-corrected chi connectivity index (χ4v) is 1.95. The van der Waals surface area contributed by atoms with Gasteiger partial charge in [-0.1, -0.05) is 28.1 Å². The highest BCUT2D eigenvalue weighted by Gasteiger charge is 2.08. The summed E-state index contributed by atoms with van der Waals surface area (Å²) in [6, 6.07) is 7.66. The normalized spacial score (nSPS) is 10.0. The Balaban J connectivity index is 2.32. The lowest BCUT2D eigenvalue weighted by molar-refractivity contribution is -0.136. The molecule has 0 atom stereocenters. The molecule has 0 aliphatic carbocycles. The molecule has 1 aromatic carbocycles. The second-order valence-electron chi connectivity index (χ2n) is 4.18. The standard InChI is InChI=1S/C13H17BrN2O3/c1-16(13(19)15-7-5-12(17)18)8-6-10-3-2-4-11(14)9-10/h2-4,9H,5-8H2,1H3,(H,15,19)(H,17,18). The van der Waals surface area contributed by atoms with Gasteiger partial charge in [0.25, 0.3) is 0 Å². The maximum absolute atomic E-state index is 11.6. The van der Waals surface area contributed by atoms with Crippen LogP contribution >= 0.6 is 15.9 Å². The molecule has 2 N–H and O–H groups in total. The summed E-state index contributed by atoms with van der Waals surface area (Å²) >= 11 is 3.40. The molecule has 0 radical (unpaired) electrons. The van der Waals surface area contributed by atoms with Gasteiger partial charge in [0, 0.05) is 24.6 Å². The third-order valence-corrected chi connectivity index (χ3v) is 3.08. The van der Waals surface area contributed by atoms with Crippen LogP contribution in [-0.2, 0) is 11.2 Å². The highest BCUT2D eigenvalue weighted by atomic mass is 79.9. The predicted molar refractivity (Wildman–Crippen MR) is 76.1 cm³/mol. The number of carboxylic acid groups (broad SMARTS) is 1. The summed E-state index contributed by atoms with van der Waals surface area (Å²) < 4.78 is 1.01. The van der Waals surface area contributed by atoms with Crippen molar-refractivity contribution in [3.8, 4) is 0 Å². The third kappa shape index (κ3) is 6.24. The lowest BCUT2D eigenvalue weighted by atomic mass is 10.1. The number of rotatable bonds is 6. The Morgan fingerprint density at radius 3 is 2.79 bits per heavy atom. The van der Waals surface area contributed by atoms with E-state index in [2.05, 4.69) is 21.2 Å². The Hall–Kier alpha value is -1.56. The Bertz CT molecular complexity index is 451. The Labute approximate surface area is 120 Å². The Morgan fingerprint density at radius 2 is 2.16 bits per heavy atom. The second-order valence-corrected chi connectivity index (χ2v) is 5.09. The molecule has 6 heteroatoms. The van der Waals surface area contributed by atoms with E-state index in [1.807, 2.05) is 24.3 Å². The first-order valence-electron chi connectivity index (χ1n) is 5.94. The van der Waals surface area contributed by atoms with Crippen LogP contribution in [0.2, 0.25) is 0 Å². The van der Waals surface area contributed by atoms with E-state index in [0.717, 1.165) is 16.5 Å². The number of benzene rings is 1. The molecule has 0 unspecified atom stereocenters. The molecular formula is C13H17BrN2O3. The average molecular weight is 329 g/mol. The van der Waals surface area contributed by atoms with Gasteiger partial charge >= 0.3 is 12.0 Å². The monoisotopic (exact) mass is 328 g/mol. The van der Waals surface area contributed by atoms with Gasteiger partial charge in [0.1, 0.15) is 0 Å². The molecule has 104 valence electrons. The molecule has 0 bridgehead atoms. The fraction of sp³-hybridized carbons (Fsp3) is 0.385. The van der Waals surface area contributed by atoms with Crippen molar-refractivity contribution in [2.45, 2.75) is 12.8 Å². The molecule has 0 aliphatic heterocycles. The van der Waals surface area contributed by atoms with E-state index in [-0.39, 0.29) is 19.0 Å². The van der Waals surface area contributed by atoms with Crippen LogP contribution in [0.15, 0.2) is 28.7 Å². The molecule has 0 fully saturated rings. The summed E-state index contributed by atoms with van der Waals surface area (Å²) in [4.78, 5) is 23.5. The zero-order valence-electron chi connectivity index (χ0n) is 10.7. The van der Waals surface area contributed by atoms with Crippen molar-refractivity contribution in [1.29, 1.82) is 0 Å². The lowest BCUT2D eigenvalue weighted by Crippen LogP contribution is -2.39. The number of hydrogen-bond acceptors (Lipinski definition) is 2. The Morgan fingerprint density at radius 1 is 1.42 bits per heavy atom. The van der Waals surface area contributed by atoms with Gasteiger partial charge in [-0.15, -0.1) is 0 Å². The minimum atomic E-state index is -0.919. The van der Waals surface area contributed by atoms with Crippen molar-refractivity contribution in [3.05, 3.63) is 34.3 Å². The van der Waals surface area contributed by atoms with E-state index in [0.29, 0.717) is 6.54 Å². The highest BCUT2D eigenvalue weighted by Crippen LogP contribution is 2.12. The van der Waals surface area contributed by atoms with Crippen LogP contribution < -0.4 is 5.32 Å². The number of urea groups is 1. The van der Waals surface area contributed by atoms with Gasteiger partial charge < -0.3 is 15.3 Å². The quantitative estimate of drug-likeness (QED) is 0.840. The van der Waals surface area contributed by atoms with Crippen LogP contribution in [0.5, 0.6) is 0 Å². The number of nitrogens with one attached hydrogen (secondary N) is 1. The summed E-state index contributed by atoms with van der Waals surface area (Å²) in [6.07, 6.45) is 0.688. The zero-order valence-corrected chi connectivity index (χ0v) is 12.3. The zero-order chi connectivity index (χ0) is 14.3. The van der Waals surface area contributed by atoms with Crippen LogP contribution in [0.1, 0.15) is 12.0 Å². The number of carbonyl (C=O) groups excluding carboxylic acids is 1. The van der Waals surface area contributed by atoms with Gasteiger partial charge in [-0.3, -0.25) is 4.79 Å². The number of amides is 2. The average Bonchev–Trinajstić information content (AvgIpc) is 2.35. The minimum absolute atomic E-state index is 0.0643. The van der Waals surface area contributed by atoms with Gasteiger partial charge in [0.2, 0.25) is 0 Å². The van der Waals surface area contributed by atoms with E-state index in [4.69, 9.17) is 5.11 Å². The predicted octanol–water partition coefficient (Wildman–Crippen LogP) is 2.11. The summed E-state index contributed by atoms with van der Waals surface area (Å²) in [6.45, 7) is 0.727. The van der Waals surface area contributed by atoms with Crippen LogP contribution in [0.25, 0.3) is 0 Å². The van der Waals surface area contributed by atoms with Crippen molar-refractivity contribution in [1.82, 2.24) is 10.2 Å².